The fourth-order valence-electron chi connectivity index (χ4n) is 4.67. The van der Waals surface area contributed by atoms with Gasteiger partial charge in [-0.1, -0.05) is 25.8 Å². The van der Waals surface area contributed by atoms with Crippen molar-refractivity contribution in [2.75, 3.05) is 20.1 Å². The number of fused-ring (bicyclic) bond motifs is 3. The van der Waals surface area contributed by atoms with E-state index in [-0.39, 0.29) is 6.51 Å². The SMILES string of the molecule is [B]COc1ccc2c(c1)C1CCCCC1[C@@H](N(C)CCC)C2. The van der Waals surface area contributed by atoms with Gasteiger partial charge in [0.1, 0.15) is 13.6 Å². The van der Waals surface area contributed by atoms with Gasteiger partial charge in [-0.15, -0.1) is 0 Å². The van der Waals surface area contributed by atoms with E-state index in [9.17, 15) is 0 Å². The number of nitrogens with zero attached hydrogens (tertiary/aromatic N) is 1. The molecule has 0 bridgehead atoms. The Bertz CT molecular complexity index is 504. The van der Waals surface area contributed by atoms with E-state index >= 15 is 0 Å². The summed E-state index contributed by atoms with van der Waals surface area (Å²) in [5.74, 6) is 2.46. The molecule has 22 heavy (non-hydrogen) atoms. The largest absolute Gasteiger partial charge is 0.504 e. The van der Waals surface area contributed by atoms with Crippen molar-refractivity contribution in [2.45, 2.75) is 57.4 Å². The molecule has 0 heterocycles. The molecule has 1 fully saturated rings. The maximum atomic E-state index is 5.53. The quantitative estimate of drug-likeness (QED) is 0.768. The molecular weight excluding hydrogens is 269 g/mol. The summed E-state index contributed by atoms with van der Waals surface area (Å²) in [6.07, 6.45) is 7.90. The van der Waals surface area contributed by atoms with Crippen LogP contribution in [-0.4, -0.2) is 38.9 Å². The minimum atomic E-state index is 0.259. The van der Waals surface area contributed by atoms with Gasteiger partial charge in [0.05, 0.1) is 0 Å². The molecule has 2 nitrogen and oxygen atoms in total. The summed E-state index contributed by atoms with van der Waals surface area (Å²) in [4.78, 5) is 2.61. The lowest BCUT2D eigenvalue weighted by atomic mass is 9.65. The highest BCUT2D eigenvalue weighted by Gasteiger charge is 2.39. The molecule has 0 amide bonds. The van der Waals surface area contributed by atoms with Gasteiger partial charge in [-0.05, 0) is 74.4 Å². The van der Waals surface area contributed by atoms with E-state index in [1.807, 2.05) is 0 Å². The van der Waals surface area contributed by atoms with Gasteiger partial charge >= 0.3 is 0 Å². The average molecular weight is 297 g/mol. The van der Waals surface area contributed by atoms with E-state index in [0.29, 0.717) is 12.0 Å². The Kier molecular flexibility index (Phi) is 5.12. The fraction of sp³-hybridized carbons (Fsp3) is 0.684. The molecule has 2 unspecified atom stereocenters. The number of hydrogen-bond acceptors (Lipinski definition) is 2. The average Bonchev–Trinajstić information content (AvgIpc) is 2.55. The molecule has 1 aromatic rings. The first-order chi connectivity index (χ1) is 10.7. The summed E-state index contributed by atoms with van der Waals surface area (Å²) >= 11 is 0. The van der Waals surface area contributed by atoms with Crippen molar-refractivity contribution < 1.29 is 4.74 Å². The van der Waals surface area contributed by atoms with Crippen LogP contribution in [0.15, 0.2) is 18.2 Å². The van der Waals surface area contributed by atoms with E-state index in [2.05, 4.69) is 37.1 Å². The zero-order chi connectivity index (χ0) is 15.5. The van der Waals surface area contributed by atoms with Crippen molar-refractivity contribution in [1.82, 2.24) is 4.90 Å². The summed E-state index contributed by atoms with van der Waals surface area (Å²) in [5.41, 5.74) is 3.07. The monoisotopic (exact) mass is 297 g/mol. The van der Waals surface area contributed by atoms with Gasteiger partial charge in [0.25, 0.3) is 0 Å². The second kappa shape index (κ2) is 7.08. The number of benzene rings is 1. The normalized spacial score (nSPS) is 27.3. The Morgan fingerprint density at radius 1 is 1.27 bits per heavy atom. The second-order valence-electron chi connectivity index (χ2n) is 6.98. The highest BCUT2D eigenvalue weighted by Crippen LogP contribution is 2.47. The lowest BCUT2D eigenvalue weighted by molar-refractivity contribution is 0.115. The molecule has 3 heteroatoms. The van der Waals surface area contributed by atoms with Crippen molar-refractivity contribution >= 4 is 7.85 Å². The second-order valence-corrected chi connectivity index (χ2v) is 6.98. The summed E-state index contributed by atoms with van der Waals surface area (Å²) < 4.78 is 5.53. The first-order valence-electron chi connectivity index (χ1n) is 8.90. The number of likely N-dealkylation sites (N-methyl/N-ethyl adjacent to an activating group) is 1. The fourth-order valence-corrected chi connectivity index (χ4v) is 4.67. The van der Waals surface area contributed by atoms with E-state index < -0.39 is 0 Å². The molecule has 2 radical (unpaired) electrons. The molecule has 3 atom stereocenters. The van der Waals surface area contributed by atoms with Crippen LogP contribution in [0.25, 0.3) is 0 Å². The molecule has 0 N–H and O–H groups in total. The number of ether oxygens (including phenoxy) is 1. The van der Waals surface area contributed by atoms with Crippen LogP contribution >= 0.6 is 0 Å². The maximum Gasteiger partial charge on any atom is 0.122 e. The topological polar surface area (TPSA) is 12.5 Å². The van der Waals surface area contributed by atoms with Gasteiger partial charge in [0.15, 0.2) is 0 Å². The Morgan fingerprint density at radius 2 is 2.09 bits per heavy atom. The Morgan fingerprint density at radius 3 is 2.86 bits per heavy atom. The molecule has 3 rings (SSSR count). The molecule has 2 aliphatic rings. The first-order valence-corrected chi connectivity index (χ1v) is 8.90. The Hall–Kier alpha value is -0.955. The number of rotatable bonds is 5. The van der Waals surface area contributed by atoms with Gasteiger partial charge in [0, 0.05) is 12.5 Å². The van der Waals surface area contributed by atoms with E-state index in [0.717, 1.165) is 11.7 Å². The van der Waals surface area contributed by atoms with Crippen LogP contribution in [-0.2, 0) is 6.42 Å². The Balaban J connectivity index is 1.91. The zero-order valence-corrected chi connectivity index (χ0v) is 14.1. The van der Waals surface area contributed by atoms with Gasteiger partial charge in [-0.25, -0.2) is 0 Å². The van der Waals surface area contributed by atoms with Crippen molar-refractivity contribution in [2.24, 2.45) is 5.92 Å². The van der Waals surface area contributed by atoms with E-state index in [4.69, 9.17) is 12.6 Å². The lowest BCUT2D eigenvalue weighted by Gasteiger charge is -2.46. The summed E-state index contributed by atoms with van der Waals surface area (Å²) in [6, 6.07) is 7.34. The molecule has 0 spiro atoms. The number of hydrogen-bond donors (Lipinski definition) is 0. The third-order valence-electron chi connectivity index (χ3n) is 5.65. The van der Waals surface area contributed by atoms with Gasteiger partial charge in [-0.2, -0.15) is 0 Å². The smallest absolute Gasteiger partial charge is 0.122 e. The van der Waals surface area contributed by atoms with Crippen molar-refractivity contribution in [3.05, 3.63) is 29.3 Å². The molecule has 0 aliphatic heterocycles. The van der Waals surface area contributed by atoms with Crippen molar-refractivity contribution in [3.63, 3.8) is 0 Å². The molecule has 1 aromatic carbocycles. The molecule has 0 saturated heterocycles. The molecule has 2 aliphatic carbocycles. The van der Waals surface area contributed by atoms with Crippen LogP contribution in [0, 0.1) is 5.92 Å². The van der Waals surface area contributed by atoms with Crippen molar-refractivity contribution in [3.8, 4) is 5.75 Å². The predicted molar refractivity (Wildman–Crippen MR) is 92.8 cm³/mol. The summed E-state index contributed by atoms with van der Waals surface area (Å²) in [7, 11) is 7.85. The van der Waals surface area contributed by atoms with E-state index in [1.165, 1.54) is 56.2 Å². The maximum absolute atomic E-state index is 5.53. The van der Waals surface area contributed by atoms with Gasteiger partial charge < -0.3 is 9.64 Å². The summed E-state index contributed by atoms with van der Waals surface area (Å²) in [6.45, 7) is 3.74. The van der Waals surface area contributed by atoms with E-state index in [1.54, 1.807) is 0 Å². The van der Waals surface area contributed by atoms with Crippen LogP contribution in [0.4, 0.5) is 0 Å². The first kappa shape index (κ1) is 15.9. The van der Waals surface area contributed by atoms with Crippen LogP contribution in [0.3, 0.4) is 0 Å². The standard InChI is InChI=1S/C19H28BNO/c1-3-10-21(2)19-11-14-8-9-15(22-13-20)12-18(14)16-6-4-5-7-17(16)19/h8-9,12,16-17,19H,3-7,10-11,13H2,1-2H3/t16?,17?,19-/m0/s1. The third-order valence-corrected chi connectivity index (χ3v) is 5.65. The minimum absolute atomic E-state index is 0.259. The third kappa shape index (κ3) is 3.06. The molecule has 1 saturated carbocycles. The minimum Gasteiger partial charge on any atom is -0.504 e. The van der Waals surface area contributed by atoms with Crippen molar-refractivity contribution in [1.29, 1.82) is 0 Å². The van der Waals surface area contributed by atoms with Crippen LogP contribution in [0.5, 0.6) is 5.75 Å². The zero-order valence-electron chi connectivity index (χ0n) is 14.1. The van der Waals surface area contributed by atoms with Crippen LogP contribution in [0.1, 0.15) is 56.1 Å². The highest BCUT2D eigenvalue weighted by molar-refractivity contribution is 6.08. The van der Waals surface area contributed by atoms with Gasteiger partial charge in [-0.3, -0.25) is 0 Å². The van der Waals surface area contributed by atoms with Crippen LogP contribution < -0.4 is 4.74 Å². The summed E-state index contributed by atoms with van der Waals surface area (Å²) in [5, 5.41) is 0. The molecular formula is C19H28BNO. The van der Waals surface area contributed by atoms with Crippen LogP contribution in [0.2, 0.25) is 0 Å². The predicted octanol–water partition coefficient (Wildman–Crippen LogP) is 3.73. The Labute approximate surface area is 136 Å². The molecule has 118 valence electrons. The van der Waals surface area contributed by atoms with Gasteiger partial charge in [0.2, 0.25) is 0 Å². The lowest BCUT2D eigenvalue weighted by Crippen LogP contribution is -2.46. The highest BCUT2D eigenvalue weighted by atomic mass is 16.5. The molecule has 0 aromatic heterocycles.